The van der Waals surface area contributed by atoms with Gasteiger partial charge in [0, 0.05) is 12.7 Å². The molecule has 0 saturated carbocycles. The fourth-order valence-corrected chi connectivity index (χ4v) is 1.81. The van der Waals surface area contributed by atoms with E-state index < -0.39 is 33.2 Å². The number of aliphatic carboxylic acids is 1. The lowest BCUT2D eigenvalue weighted by Gasteiger charge is -2.15. The van der Waals surface area contributed by atoms with Crippen molar-refractivity contribution >= 4 is 23.0 Å². The molecule has 1 atom stereocenters. The smallest absolute Gasteiger partial charge is 0.326 e. The maximum atomic E-state index is 11.2. The number of aliphatic hydroxyl groups is 1. The monoisotopic (exact) mass is 313 g/mol. The van der Waals surface area contributed by atoms with E-state index in [1.165, 1.54) is 0 Å². The van der Waals surface area contributed by atoms with Crippen molar-refractivity contribution in [3.8, 4) is 0 Å². The summed E-state index contributed by atoms with van der Waals surface area (Å²) in [7, 11) is 0. The summed E-state index contributed by atoms with van der Waals surface area (Å²) >= 11 is 0. The summed E-state index contributed by atoms with van der Waals surface area (Å²) in [5, 5.41) is 41.9. The number of nitrogens with one attached hydrogen (secondary N) is 1. The quantitative estimate of drug-likeness (QED) is 0.352. The number of carbonyl (C=O) groups is 1. The molecule has 0 aliphatic rings. The van der Waals surface area contributed by atoms with Crippen LogP contribution in [0.3, 0.4) is 0 Å². The molecular weight excluding hydrogens is 298 g/mol. The van der Waals surface area contributed by atoms with Crippen LogP contribution in [0, 0.1) is 20.2 Å². The summed E-state index contributed by atoms with van der Waals surface area (Å²) in [5.74, 6) is -1.20. The van der Waals surface area contributed by atoms with Crippen LogP contribution in [0.4, 0.5) is 17.1 Å². The Morgan fingerprint density at radius 3 is 2.41 bits per heavy atom. The van der Waals surface area contributed by atoms with Crippen molar-refractivity contribution in [1.29, 1.82) is 0 Å². The first-order valence-electron chi connectivity index (χ1n) is 6.40. The van der Waals surface area contributed by atoms with Crippen LogP contribution in [0.25, 0.3) is 0 Å². The lowest BCUT2D eigenvalue weighted by atomic mass is 10.1. The van der Waals surface area contributed by atoms with Crippen LogP contribution in [0.15, 0.2) is 18.2 Å². The molecule has 0 bridgehead atoms. The molecule has 0 heterocycles. The number of aliphatic hydroxyl groups excluding tert-OH is 1. The summed E-state index contributed by atoms with van der Waals surface area (Å²) in [4.78, 5) is 31.2. The van der Waals surface area contributed by atoms with E-state index in [9.17, 15) is 25.0 Å². The van der Waals surface area contributed by atoms with Crippen molar-refractivity contribution in [1.82, 2.24) is 0 Å². The van der Waals surface area contributed by atoms with Gasteiger partial charge in [0.25, 0.3) is 11.4 Å². The molecule has 1 aromatic rings. The van der Waals surface area contributed by atoms with E-state index in [0.29, 0.717) is 12.8 Å². The van der Waals surface area contributed by atoms with E-state index in [4.69, 9.17) is 10.2 Å². The molecule has 0 unspecified atom stereocenters. The van der Waals surface area contributed by atoms with Gasteiger partial charge in [-0.3, -0.25) is 20.2 Å². The first-order chi connectivity index (χ1) is 10.4. The van der Waals surface area contributed by atoms with E-state index >= 15 is 0 Å². The Kier molecular flexibility index (Phi) is 6.20. The van der Waals surface area contributed by atoms with Gasteiger partial charge in [-0.15, -0.1) is 0 Å². The largest absolute Gasteiger partial charge is 0.480 e. The number of hydrogen-bond acceptors (Lipinski definition) is 7. The Hall–Kier alpha value is -2.75. The molecule has 0 fully saturated rings. The molecule has 0 aliphatic heterocycles. The highest BCUT2D eigenvalue weighted by atomic mass is 16.6. The summed E-state index contributed by atoms with van der Waals surface area (Å²) in [6.45, 7) is -0.0793. The van der Waals surface area contributed by atoms with Gasteiger partial charge < -0.3 is 15.5 Å². The van der Waals surface area contributed by atoms with Crippen LogP contribution in [0.5, 0.6) is 0 Å². The molecule has 22 heavy (non-hydrogen) atoms. The molecule has 1 rings (SSSR count). The minimum absolute atomic E-state index is 0.0793. The van der Waals surface area contributed by atoms with Gasteiger partial charge in [0.2, 0.25) is 0 Å². The number of nitrogens with zero attached hydrogens (tertiary/aromatic N) is 2. The first kappa shape index (κ1) is 17.3. The topological polar surface area (TPSA) is 156 Å². The number of rotatable bonds is 9. The number of unbranched alkanes of at least 4 members (excludes halogenated alkanes) is 1. The number of nitro benzene ring substituents is 2. The third kappa shape index (κ3) is 4.66. The number of non-ortho nitro benzene ring substituents is 1. The molecule has 10 heteroatoms. The van der Waals surface area contributed by atoms with Gasteiger partial charge >= 0.3 is 5.97 Å². The number of carboxylic acid groups (broad SMARTS) is 1. The third-order valence-electron chi connectivity index (χ3n) is 2.92. The molecule has 1 aromatic carbocycles. The average Bonchev–Trinajstić information content (AvgIpc) is 2.45. The maximum absolute atomic E-state index is 11.2. The molecule has 0 aliphatic carbocycles. The molecule has 3 N–H and O–H groups in total. The lowest BCUT2D eigenvalue weighted by molar-refractivity contribution is -0.393. The second-order valence-corrected chi connectivity index (χ2v) is 4.47. The van der Waals surface area contributed by atoms with E-state index in [1.807, 2.05) is 0 Å². The molecule has 0 spiro atoms. The predicted molar refractivity (Wildman–Crippen MR) is 75.7 cm³/mol. The van der Waals surface area contributed by atoms with Gasteiger partial charge in [0.1, 0.15) is 11.7 Å². The standard InChI is InChI=1S/C12H15N3O7/c16-6-2-1-3-10(12(17)18)13-9-5-4-8(14(19)20)7-11(9)15(21)22/h4-5,7,10,13,16H,1-3,6H2,(H,17,18)/t10-/m1/s1. The second-order valence-electron chi connectivity index (χ2n) is 4.47. The minimum Gasteiger partial charge on any atom is -0.480 e. The van der Waals surface area contributed by atoms with Crippen LogP contribution in [-0.4, -0.2) is 38.7 Å². The summed E-state index contributed by atoms with van der Waals surface area (Å²) in [6.07, 6.45) is 0.985. The SMILES string of the molecule is O=C(O)[C@@H](CCCCO)Nc1ccc([N+](=O)[O-])cc1[N+](=O)[O-]. The number of benzene rings is 1. The van der Waals surface area contributed by atoms with Gasteiger partial charge in [0.15, 0.2) is 0 Å². The average molecular weight is 313 g/mol. The summed E-state index contributed by atoms with van der Waals surface area (Å²) in [5.41, 5.74) is -1.13. The molecule has 0 radical (unpaired) electrons. The van der Waals surface area contributed by atoms with E-state index in [-0.39, 0.29) is 18.7 Å². The third-order valence-corrected chi connectivity index (χ3v) is 2.92. The molecule has 10 nitrogen and oxygen atoms in total. The Bertz CT molecular complexity index is 576. The zero-order chi connectivity index (χ0) is 16.7. The molecule has 0 saturated heterocycles. The Labute approximate surface area is 124 Å². The lowest BCUT2D eigenvalue weighted by Crippen LogP contribution is -2.29. The molecule has 120 valence electrons. The van der Waals surface area contributed by atoms with E-state index in [1.54, 1.807) is 0 Å². The van der Waals surface area contributed by atoms with Crippen molar-refractivity contribution in [3.63, 3.8) is 0 Å². The Morgan fingerprint density at radius 2 is 1.91 bits per heavy atom. The van der Waals surface area contributed by atoms with Crippen molar-refractivity contribution in [3.05, 3.63) is 38.4 Å². The zero-order valence-electron chi connectivity index (χ0n) is 11.5. The van der Waals surface area contributed by atoms with Crippen molar-refractivity contribution < 1.29 is 24.9 Å². The number of hydrogen-bond donors (Lipinski definition) is 3. The Morgan fingerprint density at radius 1 is 1.23 bits per heavy atom. The Balaban J connectivity index is 3.00. The second kappa shape index (κ2) is 7.88. The van der Waals surface area contributed by atoms with Crippen LogP contribution in [0.1, 0.15) is 19.3 Å². The van der Waals surface area contributed by atoms with E-state index in [2.05, 4.69) is 5.32 Å². The van der Waals surface area contributed by atoms with Crippen molar-refractivity contribution in [2.45, 2.75) is 25.3 Å². The fraction of sp³-hybridized carbons (Fsp3) is 0.417. The van der Waals surface area contributed by atoms with Crippen molar-refractivity contribution in [2.24, 2.45) is 0 Å². The van der Waals surface area contributed by atoms with E-state index in [0.717, 1.165) is 18.2 Å². The molecular formula is C12H15N3O7. The van der Waals surface area contributed by atoms with Gasteiger partial charge in [-0.1, -0.05) is 0 Å². The van der Waals surface area contributed by atoms with Crippen LogP contribution >= 0.6 is 0 Å². The maximum Gasteiger partial charge on any atom is 0.326 e. The predicted octanol–water partition coefficient (Wildman–Crippen LogP) is 1.53. The summed E-state index contributed by atoms with van der Waals surface area (Å²) in [6, 6.07) is 1.85. The highest BCUT2D eigenvalue weighted by Crippen LogP contribution is 2.29. The van der Waals surface area contributed by atoms with Crippen LogP contribution in [0.2, 0.25) is 0 Å². The number of nitro groups is 2. The fourth-order valence-electron chi connectivity index (χ4n) is 1.81. The first-order valence-corrected chi connectivity index (χ1v) is 6.40. The van der Waals surface area contributed by atoms with Crippen molar-refractivity contribution in [2.75, 3.05) is 11.9 Å². The normalized spacial score (nSPS) is 11.7. The summed E-state index contributed by atoms with van der Waals surface area (Å²) < 4.78 is 0. The highest BCUT2D eigenvalue weighted by Gasteiger charge is 2.24. The van der Waals surface area contributed by atoms with Gasteiger partial charge in [0.05, 0.1) is 15.9 Å². The van der Waals surface area contributed by atoms with Crippen LogP contribution in [-0.2, 0) is 4.79 Å². The zero-order valence-corrected chi connectivity index (χ0v) is 11.5. The highest BCUT2D eigenvalue weighted by molar-refractivity contribution is 5.79. The van der Waals surface area contributed by atoms with Gasteiger partial charge in [-0.05, 0) is 25.3 Å². The van der Waals surface area contributed by atoms with Gasteiger partial charge in [-0.25, -0.2) is 4.79 Å². The molecule has 0 aromatic heterocycles. The minimum atomic E-state index is -1.20. The molecule has 0 amide bonds. The van der Waals surface area contributed by atoms with Gasteiger partial charge in [-0.2, -0.15) is 0 Å². The van der Waals surface area contributed by atoms with Crippen LogP contribution < -0.4 is 5.32 Å². The number of carboxylic acids is 1. The number of anilines is 1.